The van der Waals surface area contributed by atoms with Crippen molar-refractivity contribution < 1.29 is 23.5 Å². The second-order valence-corrected chi connectivity index (χ2v) is 7.80. The Hall–Kier alpha value is -2.50. The largest absolute Gasteiger partial charge is 0.496 e. The molecular formula is C23H20ClFO4. The Labute approximate surface area is 173 Å². The molecule has 29 heavy (non-hydrogen) atoms. The van der Waals surface area contributed by atoms with Gasteiger partial charge in [-0.25, -0.2) is 4.39 Å². The minimum atomic E-state index is -0.383. The number of carbonyl (C=O) groups is 2. The normalized spacial score (nSPS) is 23.7. The van der Waals surface area contributed by atoms with Gasteiger partial charge in [0.2, 0.25) is 0 Å². The van der Waals surface area contributed by atoms with Gasteiger partial charge in [0, 0.05) is 17.0 Å². The lowest BCUT2D eigenvalue weighted by Gasteiger charge is -2.37. The van der Waals surface area contributed by atoms with Crippen LogP contribution in [0, 0.1) is 11.7 Å². The molecule has 2 aliphatic rings. The van der Waals surface area contributed by atoms with Crippen molar-refractivity contribution in [3.05, 3.63) is 76.8 Å². The molecule has 2 aromatic rings. The van der Waals surface area contributed by atoms with Crippen LogP contribution in [0.4, 0.5) is 4.39 Å². The quantitative estimate of drug-likeness (QED) is 0.656. The van der Waals surface area contributed by atoms with Gasteiger partial charge in [0.1, 0.15) is 18.5 Å². The third-order valence-electron chi connectivity index (χ3n) is 5.48. The SMILES string of the molecule is O=C(COC1CCC2C(=O)C(c3ccc(Cl)cc3)=COC2C1)c1ccc(F)cc1. The zero-order valence-corrected chi connectivity index (χ0v) is 16.4. The van der Waals surface area contributed by atoms with E-state index in [0.717, 1.165) is 5.56 Å². The maximum absolute atomic E-state index is 13.0. The second kappa shape index (κ2) is 8.47. The summed E-state index contributed by atoms with van der Waals surface area (Å²) in [5.74, 6) is -0.716. The molecule has 1 aliphatic heterocycles. The van der Waals surface area contributed by atoms with Crippen LogP contribution < -0.4 is 0 Å². The first-order valence-electron chi connectivity index (χ1n) is 9.57. The minimum absolute atomic E-state index is 0.0735. The summed E-state index contributed by atoms with van der Waals surface area (Å²) in [5.41, 5.74) is 1.77. The summed E-state index contributed by atoms with van der Waals surface area (Å²) in [7, 11) is 0. The number of hydrogen-bond acceptors (Lipinski definition) is 4. The first-order valence-corrected chi connectivity index (χ1v) is 9.95. The number of benzene rings is 2. The molecule has 1 aliphatic carbocycles. The average Bonchev–Trinajstić information content (AvgIpc) is 2.73. The van der Waals surface area contributed by atoms with Crippen LogP contribution in [0.3, 0.4) is 0 Å². The van der Waals surface area contributed by atoms with Crippen molar-refractivity contribution in [2.24, 2.45) is 5.92 Å². The van der Waals surface area contributed by atoms with Gasteiger partial charge in [0.05, 0.1) is 23.9 Å². The van der Waals surface area contributed by atoms with E-state index in [9.17, 15) is 14.0 Å². The zero-order chi connectivity index (χ0) is 20.4. The molecule has 1 saturated carbocycles. The molecule has 6 heteroatoms. The molecule has 3 atom stereocenters. The molecule has 4 nitrogen and oxygen atoms in total. The van der Waals surface area contributed by atoms with Crippen LogP contribution in [0.15, 0.2) is 54.8 Å². The Bertz CT molecular complexity index is 936. The monoisotopic (exact) mass is 414 g/mol. The first kappa shape index (κ1) is 19.8. The predicted octanol–water partition coefficient (Wildman–Crippen LogP) is 4.86. The van der Waals surface area contributed by atoms with Crippen LogP contribution in [0.5, 0.6) is 0 Å². The molecule has 3 unspecified atom stereocenters. The van der Waals surface area contributed by atoms with E-state index < -0.39 is 0 Å². The van der Waals surface area contributed by atoms with Crippen molar-refractivity contribution in [1.82, 2.24) is 0 Å². The summed E-state index contributed by atoms with van der Waals surface area (Å²) in [6.45, 7) is -0.0759. The maximum atomic E-state index is 13.0. The fourth-order valence-corrected chi connectivity index (χ4v) is 3.99. The third-order valence-corrected chi connectivity index (χ3v) is 5.73. The smallest absolute Gasteiger partial charge is 0.188 e. The summed E-state index contributed by atoms with van der Waals surface area (Å²) in [6.07, 6.45) is 3.00. The van der Waals surface area contributed by atoms with Crippen molar-refractivity contribution in [2.45, 2.75) is 31.5 Å². The van der Waals surface area contributed by atoms with E-state index in [1.54, 1.807) is 12.1 Å². The summed E-state index contributed by atoms with van der Waals surface area (Å²) < 4.78 is 24.6. The molecule has 0 aromatic heterocycles. The Morgan fingerprint density at radius 1 is 1.10 bits per heavy atom. The van der Waals surface area contributed by atoms with Gasteiger partial charge in [-0.3, -0.25) is 9.59 Å². The van der Waals surface area contributed by atoms with Crippen LogP contribution in [-0.2, 0) is 14.3 Å². The van der Waals surface area contributed by atoms with Gasteiger partial charge in [-0.15, -0.1) is 0 Å². The summed E-state index contributed by atoms with van der Waals surface area (Å²) >= 11 is 5.92. The highest BCUT2D eigenvalue weighted by Crippen LogP contribution is 2.37. The van der Waals surface area contributed by atoms with Crippen LogP contribution >= 0.6 is 11.6 Å². The Morgan fingerprint density at radius 3 is 2.55 bits per heavy atom. The van der Waals surface area contributed by atoms with Crippen LogP contribution in [0.25, 0.3) is 5.57 Å². The molecule has 1 fully saturated rings. The maximum Gasteiger partial charge on any atom is 0.188 e. The Kier molecular flexibility index (Phi) is 5.79. The van der Waals surface area contributed by atoms with Crippen molar-refractivity contribution in [2.75, 3.05) is 6.61 Å². The number of rotatable bonds is 5. The molecular weight excluding hydrogens is 395 g/mol. The van der Waals surface area contributed by atoms with Gasteiger partial charge in [-0.1, -0.05) is 23.7 Å². The van der Waals surface area contributed by atoms with Gasteiger partial charge in [-0.2, -0.15) is 0 Å². The summed E-state index contributed by atoms with van der Waals surface area (Å²) in [6, 6.07) is 12.5. The molecule has 0 spiro atoms. The fraction of sp³-hybridized carbons (Fsp3) is 0.304. The zero-order valence-electron chi connectivity index (χ0n) is 15.6. The second-order valence-electron chi connectivity index (χ2n) is 7.36. The number of ether oxygens (including phenoxy) is 2. The molecule has 0 amide bonds. The van der Waals surface area contributed by atoms with Crippen molar-refractivity contribution in [3.8, 4) is 0 Å². The van der Waals surface area contributed by atoms with Crippen molar-refractivity contribution in [3.63, 3.8) is 0 Å². The molecule has 0 saturated heterocycles. The number of hydrogen-bond donors (Lipinski definition) is 0. The minimum Gasteiger partial charge on any atom is -0.496 e. The fourth-order valence-electron chi connectivity index (χ4n) is 3.86. The molecule has 150 valence electrons. The summed E-state index contributed by atoms with van der Waals surface area (Å²) in [5, 5.41) is 0.615. The molecule has 0 N–H and O–H groups in total. The number of ketones is 2. The number of Topliss-reactive ketones (excluding diaryl/α,β-unsaturated/α-hetero) is 2. The number of allylic oxidation sites excluding steroid dienone is 1. The molecule has 4 rings (SSSR count). The van der Waals surface area contributed by atoms with Gasteiger partial charge >= 0.3 is 0 Å². The predicted molar refractivity (Wildman–Crippen MR) is 107 cm³/mol. The average molecular weight is 415 g/mol. The van der Waals surface area contributed by atoms with Crippen LogP contribution in [-0.4, -0.2) is 30.4 Å². The van der Waals surface area contributed by atoms with E-state index >= 15 is 0 Å². The van der Waals surface area contributed by atoms with Gasteiger partial charge in [0.15, 0.2) is 11.6 Å². The van der Waals surface area contributed by atoms with Crippen LogP contribution in [0.2, 0.25) is 5.02 Å². The van der Waals surface area contributed by atoms with E-state index in [2.05, 4.69) is 0 Å². The third kappa shape index (κ3) is 4.41. The van der Waals surface area contributed by atoms with E-state index in [1.807, 2.05) is 12.1 Å². The highest BCUT2D eigenvalue weighted by atomic mass is 35.5. The van der Waals surface area contributed by atoms with E-state index in [4.69, 9.17) is 21.1 Å². The molecule has 1 heterocycles. The summed E-state index contributed by atoms with van der Waals surface area (Å²) in [4.78, 5) is 25.1. The standard InChI is InChI=1S/C23H20ClFO4/c24-16-5-1-14(2-6-16)20-12-29-22-11-18(9-10-19(22)23(20)27)28-13-21(26)15-3-7-17(25)8-4-15/h1-8,12,18-19,22H,9-11,13H2. The van der Waals surface area contributed by atoms with E-state index in [1.165, 1.54) is 30.5 Å². The number of fused-ring (bicyclic) bond motifs is 1. The molecule has 0 bridgehead atoms. The highest BCUT2D eigenvalue weighted by Gasteiger charge is 2.40. The van der Waals surface area contributed by atoms with Crippen LogP contribution in [0.1, 0.15) is 35.2 Å². The lowest BCUT2D eigenvalue weighted by Crippen LogP contribution is -2.41. The molecule has 0 radical (unpaired) electrons. The van der Waals surface area contributed by atoms with Crippen molar-refractivity contribution in [1.29, 1.82) is 0 Å². The first-order chi connectivity index (χ1) is 14.0. The van der Waals surface area contributed by atoms with E-state index in [-0.39, 0.29) is 42.1 Å². The Balaban J connectivity index is 1.36. The lowest BCUT2D eigenvalue weighted by atomic mass is 9.78. The van der Waals surface area contributed by atoms with Gasteiger partial charge < -0.3 is 9.47 Å². The number of halogens is 2. The van der Waals surface area contributed by atoms with Crippen molar-refractivity contribution >= 4 is 28.7 Å². The topological polar surface area (TPSA) is 52.6 Å². The highest BCUT2D eigenvalue weighted by molar-refractivity contribution is 6.30. The van der Waals surface area contributed by atoms with E-state index in [0.29, 0.717) is 35.4 Å². The molecule has 2 aromatic carbocycles. The Morgan fingerprint density at radius 2 is 1.83 bits per heavy atom. The number of carbonyl (C=O) groups excluding carboxylic acids is 2. The lowest BCUT2D eigenvalue weighted by molar-refractivity contribution is -0.127. The van der Waals surface area contributed by atoms with Gasteiger partial charge in [0.25, 0.3) is 0 Å². The van der Waals surface area contributed by atoms with Gasteiger partial charge in [-0.05, 0) is 54.8 Å².